The molecular formula is C28H43BrO4. The number of aliphatic hydroxyl groups excluding tert-OH is 1. The second-order valence-electron chi connectivity index (χ2n) is 13.4. The van der Waals surface area contributed by atoms with Gasteiger partial charge in [0.05, 0.1) is 23.4 Å². The molecule has 33 heavy (non-hydrogen) atoms. The molecule has 4 aliphatic carbocycles. The Kier molecular flexibility index (Phi) is 5.19. The Labute approximate surface area is 208 Å². The molecule has 0 radical (unpaired) electrons. The number of hydrogen-bond acceptors (Lipinski definition) is 4. The lowest BCUT2D eigenvalue weighted by atomic mass is 9.42. The lowest BCUT2D eigenvalue weighted by molar-refractivity contribution is -0.220. The lowest BCUT2D eigenvalue weighted by Gasteiger charge is -2.65. The molecule has 0 aromatic carbocycles. The van der Waals surface area contributed by atoms with Crippen molar-refractivity contribution < 1.29 is 19.7 Å². The van der Waals surface area contributed by atoms with Crippen molar-refractivity contribution in [3.05, 3.63) is 12.2 Å². The van der Waals surface area contributed by atoms with Crippen molar-refractivity contribution in [3.8, 4) is 0 Å². The highest BCUT2D eigenvalue weighted by atomic mass is 79.9. The van der Waals surface area contributed by atoms with E-state index in [2.05, 4.69) is 50.2 Å². The second kappa shape index (κ2) is 7.31. The predicted molar refractivity (Wildman–Crippen MR) is 132 cm³/mol. The molecule has 4 nitrogen and oxygen atoms in total. The molecule has 6 aliphatic rings. The van der Waals surface area contributed by atoms with Crippen LogP contribution < -0.4 is 0 Å². The van der Waals surface area contributed by atoms with E-state index in [4.69, 9.17) is 9.47 Å². The Bertz CT molecular complexity index is 846. The summed E-state index contributed by atoms with van der Waals surface area (Å²) in [4.78, 5) is 0.0525. The number of ether oxygens (including phenoxy) is 2. The van der Waals surface area contributed by atoms with Gasteiger partial charge in [0.1, 0.15) is 0 Å². The van der Waals surface area contributed by atoms with Gasteiger partial charge in [0, 0.05) is 22.1 Å². The molecule has 6 rings (SSSR count). The molecule has 1 spiro atoms. The van der Waals surface area contributed by atoms with Gasteiger partial charge < -0.3 is 19.7 Å². The first kappa shape index (κ1) is 23.5. The average molecular weight is 524 g/mol. The van der Waals surface area contributed by atoms with E-state index >= 15 is 0 Å². The van der Waals surface area contributed by atoms with E-state index in [0.717, 1.165) is 57.8 Å². The molecule has 5 heteroatoms. The highest BCUT2D eigenvalue weighted by Crippen LogP contribution is 2.78. The molecule has 186 valence electrons. The minimum Gasteiger partial charge on any atom is -0.393 e. The number of hydrogen-bond donors (Lipinski definition) is 2. The number of fused-ring (bicyclic) bond motifs is 3. The highest BCUT2D eigenvalue weighted by molar-refractivity contribution is 9.09. The van der Waals surface area contributed by atoms with Crippen LogP contribution in [-0.2, 0) is 9.47 Å². The molecule has 12 unspecified atom stereocenters. The number of allylic oxidation sites excluding steroid dienone is 1. The van der Waals surface area contributed by atoms with Crippen molar-refractivity contribution in [3.63, 3.8) is 0 Å². The molecule has 0 amide bonds. The van der Waals surface area contributed by atoms with Crippen LogP contribution in [0.5, 0.6) is 0 Å². The first-order chi connectivity index (χ1) is 15.5. The van der Waals surface area contributed by atoms with Crippen LogP contribution in [0.1, 0.15) is 85.5 Å². The SMILES string of the molecule is C=C(CCC1(C)OC2OC3CC1C21CCC2C4(C)CCC(O)CC4CC(Br)C2(O)C31)C(C)C. The van der Waals surface area contributed by atoms with Gasteiger partial charge in [-0.1, -0.05) is 48.9 Å². The summed E-state index contributed by atoms with van der Waals surface area (Å²) < 4.78 is 13.4. The molecule has 6 fully saturated rings. The van der Waals surface area contributed by atoms with Crippen molar-refractivity contribution >= 4 is 15.9 Å². The largest absolute Gasteiger partial charge is 0.393 e. The lowest BCUT2D eigenvalue weighted by Crippen LogP contribution is -2.69. The first-order valence-electron chi connectivity index (χ1n) is 13.5. The van der Waals surface area contributed by atoms with Gasteiger partial charge in [0.15, 0.2) is 6.29 Å². The summed E-state index contributed by atoms with van der Waals surface area (Å²) in [5.41, 5.74) is 0.369. The van der Waals surface area contributed by atoms with Crippen LogP contribution in [0.2, 0.25) is 0 Å². The molecule has 4 saturated carbocycles. The standard InChI is InChI=1S/C28H43BrO4/c1-15(2)16(3)6-10-26(5)21-14-19-23-27(21,24(32-19)33-26)11-8-20-25(4)9-7-18(30)12-17(25)13-22(29)28(20,23)31/h15,17-24,30-31H,3,6-14H2,1-2,4-5H3. The summed E-state index contributed by atoms with van der Waals surface area (Å²) in [5.74, 6) is 1.82. The summed E-state index contributed by atoms with van der Waals surface area (Å²) >= 11 is 4.02. The van der Waals surface area contributed by atoms with Crippen molar-refractivity contribution in [1.29, 1.82) is 0 Å². The molecule has 0 aromatic heterocycles. The third kappa shape index (κ3) is 2.84. The maximum Gasteiger partial charge on any atom is 0.165 e. The Hall–Kier alpha value is 0.0600. The van der Waals surface area contributed by atoms with Crippen LogP contribution in [0, 0.1) is 40.4 Å². The Morgan fingerprint density at radius 1 is 1.12 bits per heavy atom. The fraction of sp³-hybridized carbons (Fsp3) is 0.929. The van der Waals surface area contributed by atoms with Gasteiger partial charge in [-0.05, 0) is 87.9 Å². The minimum atomic E-state index is -0.768. The molecule has 12 atom stereocenters. The molecule has 2 saturated heterocycles. The van der Waals surface area contributed by atoms with Crippen LogP contribution >= 0.6 is 15.9 Å². The van der Waals surface area contributed by atoms with E-state index in [0.29, 0.717) is 17.8 Å². The van der Waals surface area contributed by atoms with Crippen molar-refractivity contribution in [2.45, 2.75) is 120 Å². The number of rotatable bonds is 4. The van der Waals surface area contributed by atoms with Gasteiger partial charge >= 0.3 is 0 Å². The monoisotopic (exact) mass is 522 g/mol. The second-order valence-corrected chi connectivity index (χ2v) is 14.5. The third-order valence-corrected chi connectivity index (χ3v) is 13.0. The third-order valence-electron chi connectivity index (χ3n) is 11.9. The van der Waals surface area contributed by atoms with E-state index in [-0.39, 0.29) is 51.6 Å². The smallest absolute Gasteiger partial charge is 0.165 e. The zero-order valence-electron chi connectivity index (χ0n) is 20.9. The maximum atomic E-state index is 12.7. The van der Waals surface area contributed by atoms with Gasteiger partial charge in [-0.25, -0.2) is 0 Å². The van der Waals surface area contributed by atoms with Crippen LogP contribution in [0.25, 0.3) is 0 Å². The van der Waals surface area contributed by atoms with Crippen LogP contribution in [-0.4, -0.2) is 44.7 Å². The normalized spacial score (nSPS) is 58.8. The maximum absolute atomic E-state index is 12.7. The zero-order chi connectivity index (χ0) is 23.6. The molecule has 2 heterocycles. The zero-order valence-corrected chi connectivity index (χ0v) is 22.4. The summed E-state index contributed by atoms with van der Waals surface area (Å²) in [6.45, 7) is 13.5. The van der Waals surface area contributed by atoms with Crippen molar-refractivity contribution in [2.75, 3.05) is 0 Å². The molecule has 2 aliphatic heterocycles. The molecule has 0 aromatic rings. The van der Waals surface area contributed by atoms with E-state index in [1.165, 1.54) is 5.57 Å². The fourth-order valence-electron chi connectivity index (χ4n) is 10.0. The predicted octanol–water partition coefficient (Wildman–Crippen LogP) is 5.59. The van der Waals surface area contributed by atoms with Crippen LogP contribution in [0.3, 0.4) is 0 Å². The van der Waals surface area contributed by atoms with E-state index in [1.54, 1.807) is 0 Å². The van der Waals surface area contributed by atoms with Gasteiger partial charge in [-0.2, -0.15) is 0 Å². The van der Waals surface area contributed by atoms with Crippen LogP contribution in [0.4, 0.5) is 0 Å². The van der Waals surface area contributed by atoms with Crippen molar-refractivity contribution in [2.24, 2.45) is 40.4 Å². The Morgan fingerprint density at radius 2 is 1.88 bits per heavy atom. The molecule has 2 N–H and O–H groups in total. The highest BCUT2D eigenvalue weighted by Gasteiger charge is 2.82. The molecular weight excluding hydrogens is 480 g/mol. The number of alkyl halides is 1. The molecule has 2 bridgehead atoms. The number of halogens is 1. The van der Waals surface area contributed by atoms with Crippen LogP contribution in [0.15, 0.2) is 12.2 Å². The van der Waals surface area contributed by atoms with Crippen molar-refractivity contribution in [1.82, 2.24) is 0 Å². The Balaban J connectivity index is 1.34. The topological polar surface area (TPSA) is 58.9 Å². The fourth-order valence-corrected chi connectivity index (χ4v) is 11.1. The minimum absolute atomic E-state index is 0.0525. The summed E-state index contributed by atoms with van der Waals surface area (Å²) in [6, 6.07) is 0. The quantitative estimate of drug-likeness (QED) is 0.373. The van der Waals surface area contributed by atoms with E-state index in [9.17, 15) is 10.2 Å². The summed E-state index contributed by atoms with van der Waals surface area (Å²) in [6.07, 6.45) is 8.61. The van der Waals surface area contributed by atoms with Gasteiger partial charge in [-0.15, -0.1) is 0 Å². The Morgan fingerprint density at radius 3 is 2.61 bits per heavy atom. The van der Waals surface area contributed by atoms with E-state index in [1.807, 2.05) is 0 Å². The van der Waals surface area contributed by atoms with Gasteiger partial charge in [-0.3, -0.25) is 0 Å². The summed E-state index contributed by atoms with van der Waals surface area (Å²) in [5, 5.41) is 23.1. The first-order valence-corrected chi connectivity index (χ1v) is 14.4. The van der Waals surface area contributed by atoms with E-state index < -0.39 is 5.60 Å². The van der Waals surface area contributed by atoms with Gasteiger partial charge in [0.2, 0.25) is 0 Å². The number of aliphatic hydroxyl groups is 2. The summed E-state index contributed by atoms with van der Waals surface area (Å²) in [7, 11) is 0. The average Bonchev–Trinajstić information content (AvgIpc) is 3.28. The van der Waals surface area contributed by atoms with Gasteiger partial charge in [0.25, 0.3) is 0 Å².